The van der Waals surface area contributed by atoms with Crippen molar-refractivity contribution in [3.05, 3.63) is 17.5 Å². The van der Waals surface area contributed by atoms with Crippen molar-refractivity contribution in [1.82, 2.24) is 9.78 Å². The normalized spacial score (nSPS) is 15.4. The Morgan fingerprint density at radius 3 is 2.38 bits per heavy atom. The first-order valence-corrected chi connectivity index (χ1v) is 6.55. The molecule has 0 aliphatic heterocycles. The molecule has 2 atom stereocenters. The Labute approximate surface area is 104 Å². The fourth-order valence-electron chi connectivity index (χ4n) is 2.11. The van der Waals surface area contributed by atoms with E-state index in [1.165, 1.54) is 11.4 Å². The van der Waals surface area contributed by atoms with Crippen LogP contribution in [-0.2, 0) is 19.9 Å². The van der Waals surface area contributed by atoms with Crippen molar-refractivity contribution >= 4 is 11.6 Å². The van der Waals surface area contributed by atoms with Crippen LogP contribution >= 0.6 is 11.6 Å². The van der Waals surface area contributed by atoms with Gasteiger partial charge in [0.2, 0.25) is 0 Å². The second kappa shape index (κ2) is 5.72. The quantitative estimate of drug-likeness (QED) is 0.724. The molecule has 0 aliphatic rings. The Kier molecular flexibility index (Phi) is 4.85. The standard InChI is InChI=1S/C13H23ClN2/c1-6-11-7-12(16(5)15-11)8-13(9(2)3)10(4)14/h7,9-10,13H,6,8H2,1-5H3. The number of rotatable bonds is 5. The van der Waals surface area contributed by atoms with Gasteiger partial charge in [-0.1, -0.05) is 20.8 Å². The fraction of sp³-hybridized carbons (Fsp3) is 0.769. The Morgan fingerprint density at radius 2 is 2.00 bits per heavy atom. The molecule has 1 aromatic rings. The Bertz CT molecular complexity index is 321. The van der Waals surface area contributed by atoms with Crippen molar-refractivity contribution in [3.63, 3.8) is 0 Å². The molecule has 92 valence electrons. The minimum Gasteiger partial charge on any atom is -0.272 e. The number of nitrogens with zero attached hydrogens (tertiary/aromatic N) is 2. The van der Waals surface area contributed by atoms with Crippen molar-refractivity contribution in [2.75, 3.05) is 0 Å². The van der Waals surface area contributed by atoms with Gasteiger partial charge in [-0.2, -0.15) is 5.10 Å². The molecule has 0 bridgehead atoms. The zero-order chi connectivity index (χ0) is 12.3. The van der Waals surface area contributed by atoms with Crippen LogP contribution in [0.1, 0.15) is 39.1 Å². The van der Waals surface area contributed by atoms with Gasteiger partial charge in [-0.3, -0.25) is 4.68 Å². The van der Waals surface area contributed by atoms with E-state index in [0.29, 0.717) is 11.8 Å². The van der Waals surface area contributed by atoms with E-state index < -0.39 is 0 Å². The van der Waals surface area contributed by atoms with E-state index in [0.717, 1.165) is 12.8 Å². The first-order valence-electron chi connectivity index (χ1n) is 6.11. The molecule has 0 aromatic carbocycles. The van der Waals surface area contributed by atoms with Crippen LogP contribution in [0.5, 0.6) is 0 Å². The van der Waals surface area contributed by atoms with Crippen LogP contribution < -0.4 is 0 Å². The minimum atomic E-state index is 0.208. The molecular formula is C13H23ClN2. The Balaban J connectivity index is 2.80. The van der Waals surface area contributed by atoms with Crippen LogP contribution in [-0.4, -0.2) is 15.2 Å². The number of hydrogen-bond donors (Lipinski definition) is 0. The third-order valence-electron chi connectivity index (χ3n) is 3.28. The highest BCUT2D eigenvalue weighted by molar-refractivity contribution is 6.20. The summed E-state index contributed by atoms with van der Waals surface area (Å²) in [4.78, 5) is 0. The maximum Gasteiger partial charge on any atom is 0.0624 e. The highest BCUT2D eigenvalue weighted by Crippen LogP contribution is 2.24. The van der Waals surface area contributed by atoms with Crippen LogP contribution in [0.15, 0.2) is 6.07 Å². The van der Waals surface area contributed by atoms with Crippen LogP contribution in [0.25, 0.3) is 0 Å². The van der Waals surface area contributed by atoms with Crippen molar-refractivity contribution in [2.24, 2.45) is 18.9 Å². The molecule has 0 amide bonds. The van der Waals surface area contributed by atoms with E-state index in [9.17, 15) is 0 Å². The SMILES string of the molecule is CCc1cc(CC(C(C)C)C(C)Cl)n(C)n1. The zero-order valence-electron chi connectivity index (χ0n) is 11.0. The van der Waals surface area contributed by atoms with Gasteiger partial charge in [-0.15, -0.1) is 11.6 Å². The molecule has 0 saturated carbocycles. The van der Waals surface area contributed by atoms with Gasteiger partial charge < -0.3 is 0 Å². The molecule has 0 radical (unpaired) electrons. The summed E-state index contributed by atoms with van der Waals surface area (Å²) in [6.45, 7) is 8.70. The van der Waals surface area contributed by atoms with Crippen molar-refractivity contribution in [2.45, 2.75) is 45.9 Å². The third-order valence-corrected chi connectivity index (χ3v) is 3.60. The van der Waals surface area contributed by atoms with Crippen LogP contribution in [0, 0.1) is 11.8 Å². The summed E-state index contributed by atoms with van der Waals surface area (Å²) in [6.07, 6.45) is 2.02. The lowest BCUT2D eigenvalue weighted by Gasteiger charge is -2.23. The van der Waals surface area contributed by atoms with E-state index in [1.807, 2.05) is 11.7 Å². The maximum absolute atomic E-state index is 6.25. The maximum atomic E-state index is 6.25. The number of aryl methyl sites for hydroxylation is 2. The van der Waals surface area contributed by atoms with Crippen LogP contribution in [0.2, 0.25) is 0 Å². The molecular weight excluding hydrogens is 220 g/mol. The Morgan fingerprint density at radius 1 is 1.38 bits per heavy atom. The largest absolute Gasteiger partial charge is 0.272 e. The smallest absolute Gasteiger partial charge is 0.0624 e. The number of alkyl halides is 1. The van der Waals surface area contributed by atoms with Crippen molar-refractivity contribution in [3.8, 4) is 0 Å². The highest BCUT2D eigenvalue weighted by Gasteiger charge is 2.21. The predicted molar refractivity (Wildman–Crippen MR) is 69.9 cm³/mol. The van der Waals surface area contributed by atoms with Crippen molar-refractivity contribution < 1.29 is 0 Å². The summed E-state index contributed by atoms with van der Waals surface area (Å²) in [5, 5.41) is 4.68. The average Bonchev–Trinajstić information content (AvgIpc) is 2.54. The van der Waals surface area contributed by atoms with Gasteiger partial charge in [0.05, 0.1) is 5.69 Å². The van der Waals surface area contributed by atoms with E-state index in [-0.39, 0.29) is 5.38 Å². The molecule has 1 aromatic heterocycles. The summed E-state index contributed by atoms with van der Waals surface area (Å²) in [6, 6.07) is 2.20. The molecule has 16 heavy (non-hydrogen) atoms. The first kappa shape index (κ1) is 13.6. The number of halogens is 1. The molecule has 0 aliphatic carbocycles. The van der Waals surface area contributed by atoms with E-state index >= 15 is 0 Å². The van der Waals surface area contributed by atoms with E-state index in [1.54, 1.807) is 0 Å². The van der Waals surface area contributed by atoms with Crippen LogP contribution in [0.3, 0.4) is 0 Å². The van der Waals surface area contributed by atoms with Gasteiger partial charge in [0.15, 0.2) is 0 Å². The van der Waals surface area contributed by atoms with Gasteiger partial charge >= 0.3 is 0 Å². The van der Waals surface area contributed by atoms with Gasteiger partial charge in [-0.25, -0.2) is 0 Å². The summed E-state index contributed by atoms with van der Waals surface area (Å²) in [5.74, 6) is 1.12. The van der Waals surface area contributed by atoms with Gasteiger partial charge in [0.1, 0.15) is 0 Å². The van der Waals surface area contributed by atoms with Crippen molar-refractivity contribution in [1.29, 1.82) is 0 Å². The first-order chi connectivity index (χ1) is 7.45. The lowest BCUT2D eigenvalue weighted by molar-refractivity contribution is 0.368. The monoisotopic (exact) mass is 242 g/mol. The lowest BCUT2D eigenvalue weighted by atomic mass is 9.88. The predicted octanol–water partition coefficient (Wildman–Crippen LogP) is 3.42. The molecule has 2 nitrogen and oxygen atoms in total. The number of hydrogen-bond acceptors (Lipinski definition) is 1. The molecule has 0 fully saturated rings. The molecule has 1 heterocycles. The summed E-state index contributed by atoms with van der Waals surface area (Å²) >= 11 is 6.25. The van der Waals surface area contributed by atoms with Gasteiger partial charge in [-0.05, 0) is 37.7 Å². The highest BCUT2D eigenvalue weighted by atomic mass is 35.5. The molecule has 0 N–H and O–H groups in total. The second-order valence-corrected chi connectivity index (χ2v) is 5.58. The van der Waals surface area contributed by atoms with E-state index in [4.69, 9.17) is 11.6 Å². The lowest BCUT2D eigenvalue weighted by Crippen LogP contribution is -2.21. The zero-order valence-corrected chi connectivity index (χ0v) is 11.8. The van der Waals surface area contributed by atoms with E-state index in [2.05, 4.69) is 38.9 Å². The minimum absolute atomic E-state index is 0.208. The second-order valence-electron chi connectivity index (χ2n) is 4.89. The Hall–Kier alpha value is -0.500. The molecule has 0 spiro atoms. The van der Waals surface area contributed by atoms with Gasteiger partial charge in [0, 0.05) is 18.1 Å². The average molecular weight is 243 g/mol. The third kappa shape index (κ3) is 3.24. The summed E-state index contributed by atoms with van der Waals surface area (Å²) < 4.78 is 1.99. The van der Waals surface area contributed by atoms with Crippen LogP contribution in [0.4, 0.5) is 0 Å². The topological polar surface area (TPSA) is 17.8 Å². The molecule has 1 rings (SSSR count). The van der Waals surface area contributed by atoms with Gasteiger partial charge in [0.25, 0.3) is 0 Å². The summed E-state index contributed by atoms with van der Waals surface area (Å²) in [5.41, 5.74) is 2.46. The molecule has 2 unspecified atom stereocenters. The number of aromatic nitrogens is 2. The molecule has 0 saturated heterocycles. The fourth-order valence-corrected chi connectivity index (χ4v) is 2.49. The molecule has 3 heteroatoms. The summed E-state index contributed by atoms with van der Waals surface area (Å²) in [7, 11) is 2.02.